The summed E-state index contributed by atoms with van der Waals surface area (Å²) in [4.78, 5) is 15.9. The van der Waals surface area contributed by atoms with Crippen molar-refractivity contribution in [2.75, 3.05) is 5.32 Å². The van der Waals surface area contributed by atoms with Crippen LogP contribution in [0.15, 0.2) is 72.9 Å². The second kappa shape index (κ2) is 9.73. The van der Waals surface area contributed by atoms with Gasteiger partial charge in [-0.05, 0) is 47.5 Å². The first-order chi connectivity index (χ1) is 17.6. The number of alkyl halides is 9. The Morgan fingerprint density at radius 2 is 1.29 bits per heavy atom. The predicted molar refractivity (Wildman–Crippen MR) is 121 cm³/mol. The fourth-order valence-corrected chi connectivity index (χ4v) is 4.12. The molecule has 4 rings (SSSR count). The van der Waals surface area contributed by atoms with Crippen LogP contribution in [0.5, 0.6) is 0 Å². The Balaban J connectivity index is 1.70. The molecule has 4 aromatic rings. The topological polar surface area (TPSA) is 44.9 Å². The van der Waals surface area contributed by atoms with E-state index in [0.29, 0.717) is 28.6 Å². The van der Waals surface area contributed by atoms with Crippen LogP contribution in [0, 0.1) is 0 Å². The fraction of sp³-hybridized carbons (Fsp3) is 0.192. The maximum atomic E-state index is 13.2. The molecule has 200 valence electrons. The molecule has 12 heteroatoms. The Kier molecular flexibility index (Phi) is 6.94. The number of benzene rings is 3. The van der Waals surface area contributed by atoms with E-state index in [4.69, 9.17) is 0 Å². The van der Waals surface area contributed by atoms with Crippen LogP contribution in [0.2, 0.25) is 0 Å². The molecular weight excluding hydrogens is 527 g/mol. The molecule has 1 heterocycles. The SMILES string of the molecule is O=C(C[C@H](c1ccc(C(F)(F)F)cc1)c1c[nH]c2ccccc12)Nc1cc(C(F)(F)F)cc(C(F)(F)F)c1. The molecular formula is C26H17F9N2O. The van der Waals surface area contributed by atoms with E-state index in [-0.39, 0.29) is 11.6 Å². The zero-order valence-electron chi connectivity index (χ0n) is 19.0. The van der Waals surface area contributed by atoms with E-state index < -0.39 is 59.2 Å². The largest absolute Gasteiger partial charge is 0.416 e. The second-order valence-electron chi connectivity index (χ2n) is 8.51. The fourth-order valence-electron chi connectivity index (χ4n) is 4.12. The van der Waals surface area contributed by atoms with Gasteiger partial charge in [0.15, 0.2) is 0 Å². The number of H-pyrrole nitrogens is 1. The summed E-state index contributed by atoms with van der Waals surface area (Å²) >= 11 is 0. The summed E-state index contributed by atoms with van der Waals surface area (Å²) in [6, 6.07) is 11.6. The molecule has 1 aromatic heterocycles. The van der Waals surface area contributed by atoms with Crippen molar-refractivity contribution in [3.8, 4) is 0 Å². The summed E-state index contributed by atoms with van der Waals surface area (Å²) in [6.07, 6.45) is -13.7. The zero-order valence-corrected chi connectivity index (χ0v) is 19.0. The van der Waals surface area contributed by atoms with Crippen molar-refractivity contribution in [2.24, 2.45) is 0 Å². The number of rotatable bonds is 5. The van der Waals surface area contributed by atoms with E-state index in [1.54, 1.807) is 30.5 Å². The third kappa shape index (κ3) is 5.95. The summed E-state index contributed by atoms with van der Waals surface area (Å²) in [5.41, 5.74) is -3.38. The number of hydrogen-bond acceptors (Lipinski definition) is 1. The Morgan fingerprint density at radius 1 is 0.737 bits per heavy atom. The molecule has 0 aliphatic heterocycles. The van der Waals surface area contributed by atoms with Gasteiger partial charge in [0.2, 0.25) is 5.91 Å². The van der Waals surface area contributed by atoms with Gasteiger partial charge in [-0.3, -0.25) is 4.79 Å². The van der Waals surface area contributed by atoms with Gasteiger partial charge in [-0.2, -0.15) is 39.5 Å². The number of anilines is 1. The van der Waals surface area contributed by atoms with Gasteiger partial charge in [-0.25, -0.2) is 0 Å². The number of hydrogen-bond donors (Lipinski definition) is 2. The Labute approximate surface area is 209 Å². The standard InChI is InChI=1S/C26H17F9N2O/c27-24(28,29)15-7-5-14(6-8-15)20(21-13-36-22-4-2-1-3-19(21)22)12-23(38)37-18-10-16(25(30,31)32)9-17(11-18)26(33,34)35/h1-11,13,20,36H,12H2,(H,37,38)/t20-/m1/s1. The average Bonchev–Trinajstić information content (AvgIpc) is 3.25. The van der Waals surface area contributed by atoms with E-state index in [1.165, 1.54) is 12.1 Å². The highest BCUT2D eigenvalue weighted by atomic mass is 19.4. The first-order valence-electron chi connectivity index (χ1n) is 11.0. The minimum Gasteiger partial charge on any atom is -0.361 e. The van der Waals surface area contributed by atoms with Crippen molar-refractivity contribution in [2.45, 2.75) is 30.9 Å². The van der Waals surface area contributed by atoms with Gasteiger partial charge in [0.05, 0.1) is 16.7 Å². The molecule has 0 spiro atoms. The lowest BCUT2D eigenvalue weighted by Gasteiger charge is -2.19. The summed E-state index contributed by atoms with van der Waals surface area (Å²) in [5, 5.41) is 2.73. The van der Waals surface area contributed by atoms with Crippen molar-refractivity contribution >= 4 is 22.5 Å². The van der Waals surface area contributed by atoms with Gasteiger partial charge in [-0.15, -0.1) is 0 Å². The smallest absolute Gasteiger partial charge is 0.361 e. The number of carbonyl (C=O) groups excluding carboxylic acids is 1. The Bertz CT molecular complexity index is 1420. The number of aromatic nitrogens is 1. The van der Waals surface area contributed by atoms with Crippen LogP contribution in [-0.4, -0.2) is 10.9 Å². The number of fused-ring (bicyclic) bond motifs is 1. The molecule has 0 radical (unpaired) electrons. The number of para-hydroxylation sites is 1. The lowest BCUT2D eigenvalue weighted by atomic mass is 9.87. The van der Waals surface area contributed by atoms with E-state index in [2.05, 4.69) is 10.3 Å². The monoisotopic (exact) mass is 544 g/mol. The molecule has 0 unspecified atom stereocenters. The molecule has 38 heavy (non-hydrogen) atoms. The van der Waals surface area contributed by atoms with E-state index in [1.807, 2.05) is 0 Å². The van der Waals surface area contributed by atoms with E-state index in [0.717, 1.165) is 12.1 Å². The van der Waals surface area contributed by atoms with E-state index >= 15 is 0 Å². The second-order valence-corrected chi connectivity index (χ2v) is 8.51. The van der Waals surface area contributed by atoms with Crippen molar-refractivity contribution in [3.05, 3.63) is 101 Å². The summed E-state index contributed by atoms with van der Waals surface area (Å²) in [5.74, 6) is -1.81. The third-order valence-corrected chi connectivity index (χ3v) is 5.90. The van der Waals surface area contributed by atoms with Gasteiger partial charge in [0, 0.05) is 35.1 Å². The summed E-state index contributed by atoms with van der Waals surface area (Å²) < 4.78 is 118. The minimum atomic E-state index is -5.10. The van der Waals surface area contributed by atoms with Crippen LogP contribution >= 0.6 is 0 Å². The highest BCUT2D eigenvalue weighted by molar-refractivity contribution is 5.93. The molecule has 0 fully saturated rings. The van der Waals surface area contributed by atoms with Crippen LogP contribution in [0.1, 0.15) is 40.2 Å². The predicted octanol–water partition coefficient (Wildman–Crippen LogP) is 8.39. The van der Waals surface area contributed by atoms with Crippen molar-refractivity contribution in [3.63, 3.8) is 0 Å². The molecule has 3 aromatic carbocycles. The van der Waals surface area contributed by atoms with Crippen molar-refractivity contribution in [1.29, 1.82) is 0 Å². The van der Waals surface area contributed by atoms with Crippen LogP contribution < -0.4 is 5.32 Å². The van der Waals surface area contributed by atoms with Crippen LogP contribution in [-0.2, 0) is 23.3 Å². The molecule has 0 aliphatic carbocycles. The summed E-state index contributed by atoms with van der Waals surface area (Å²) in [7, 11) is 0. The van der Waals surface area contributed by atoms with Crippen LogP contribution in [0.25, 0.3) is 10.9 Å². The summed E-state index contributed by atoms with van der Waals surface area (Å²) in [6.45, 7) is 0. The van der Waals surface area contributed by atoms with Gasteiger partial charge < -0.3 is 10.3 Å². The van der Waals surface area contributed by atoms with Crippen molar-refractivity contribution in [1.82, 2.24) is 4.98 Å². The Morgan fingerprint density at radius 3 is 1.84 bits per heavy atom. The Hall–Kier alpha value is -3.96. The number of carbonyl (C=O) groups is 1. The third-order valence-electron chi connectivity index (χ3n) is 5.90. The van der Waals surface area contributed by atoms with E-state index in [9.17, 15) is 44.3 Å². The number of aromatic amines is 1. The maximum Gasteiger partial charge on any atom is 0.416 e. The highest BCUT2D eigenvalue weighted by Gasteiger charge is 2.37. The molecule has 3 nitrogen and oxygen atoms in total. The first-order valence-corrected chi connectivity index (χ1v) is 11.0. The highest BCUT2D eigenvalue weighted by Crippen LogP contribution is 2.39. The molecule has 0 saturated heterocycles. The normalized spacial score (nSPS) is 13.5. The molecule has 0 saturated carbocycles. The molecule has 1 amide bonds. The number of nitrogens with one attached hydrogen (secondary N) is 2. The van der Waals surface area contributed by atoms with Gasteiger partial charge >= 0.3 is 18.5 Å². The number of amides is 1. The van der Waals surface area contributed by atoms with Gasteiger partial charge in [0.1, 0.15) is 0 Å². The van der Waals surface area contributed by atoms with Crippen LogP contribution in [0.3, 0.4) is 0 Å². The average molecular weight is 544 g/mol. The van der Waals surface area contributed by atoms with Crippen molar-refractivity contribution < 1.29 is 44.3 Å². The van der Waals surface area contributed by atoms with Crippen LogP contribution in [0.4, 0.5) is 45.2 Å². The lowest BCUT2D eigenvalue weighted by Crippen LogP contribution is -2.18. The maximum absolute atomic E-state index is 13.2. The number of halogens is 9. The van der Waals surface area contributed by atoms with Gasteiger partial charge in [0.25, 0.3) is 0 Å². The zero-order chi connectivity index (χ0) is 27.9. The quantitative estimate of drug-likeness (QED) is 0.244. The molecule has 1 atom stereocenters. The molecule has 0 aliphatic rings. The van der Waals surface area contributed by atoms with Gasteiger partial charge in [-0.1, -0.05) is 30.3 Å². The minimum absolute atomic E-state index is 0.0629. The molecule has 2 N–H and O–H groups in total. The lowest BCUT2D eigenvalue weighted by molar-refractivity contribution is -0.143. The molecule has 0 bridgehead atoms. The first kappa shape index (κ1) is 27.1.